The SMILES string of the molecule is CC(C)NCCc1nc2[nH]c(=O)[nH]c(=O)c2[nH]1. The van der Waals surface area contributed by atoms with E-state index in [9.17, 15) is 9.59 Å². The van der Waals surface area contributed by atoms with E-state index in [-0.39, 0.29) is 0 Å². The standard InChI is InChI=1S/C10H15N5O2/c1-5(2)11-4-3-6-12-7-8(13-6)14-10(17)15-9(7)16/h5,11H,3-4H2,1-2H3,(H3,12,13,14,15,16,17). The van der Waals surface area contributed by atoms with Crippen molar-refractivity contribution in [2.24, 2.45) is 0 Å². The van der Waals surface area contributed by atoms with Crippen LogP contribution in [-0.4, -0.2) is 32.5 Å². The number of imidazole rings is 1. The summed E-state index contributed by atoms with van der Waals surface area (Å²) in [5, 5.41) is 3.25. The predicted molar refractivity (Wildman–Crippen MR) is 64.2 cm³/mol. The lowest BCUT2D eigenvalue weighted by atomic mass is 10.3. The van der Waals surface area contributed by atoms with Gasteiger partial charge in [-0.2, -0.15) is 0 Å². The molecule has 0 aliphatic carbocycles. The summed E-state index contributed by atoms with van der Waals surface area (Å²) >= 11 is 0. The van der Waals surface area contributed by atoms with E-state index in [2.05, 4.69) is 39.1 Å². The average Bonchev–Trinajstić information content (AvgIpc) is 2.60. The van der Waals surface area contributed by atoms with Crippen LogP contribution in [0.5, 0.6) is 0 Å². The van der Waals surface area contributed by atoms with Crippen molar-refractivity contribution in [3.05, 3.63) is 26.7 Å². The maximum atomic E-state index is 11.4. The van der Waals surface area contributed by atoms with Gasteiger partial charge >= 0.3 is 5.69 Å². The molecule has 0 unspecified atom stereocenters. The summed E-state index contributed by atoms with van der Waals surface area (Å²) in [5.74, 6) is 0.681. The van der Waals surface area contributed by atoms with E-state index in [0.717, 1.165) is 6.54 Å². The van der Waals surface area contributed by atoms with Crippen molar-refractivity contribution in [3.63, 3.8) is 0 Å². The summed E-state index contributed by atoms with van der Waals surface area (Å²) in [5.41, 5.74) is -0.373. The van der Waals surface area contributed by atoms with Gasteiger partial charge in [0.1, 0.15) is 11.3 Å². The summed E-state index contributed by atoms with van der Waals surface area (Å²) in [4.78, 5) is 34.2. The highest BCUT2D eigenvalue weighted by Gasteiger charge is 2.07. The number of H-pyrrole nitrogens is 3. The molecule has 0 bridgehead atoms. The number of nitrogens with zero attached hydrogens (tertiary/aromatic N) is 1. The summed E-state index contributed by atoms with van der Waals surface area (Å²) in [7, 11) is 0. The Morgan fingerprint density at radius 2 is 2.00 bits per heavy atom. The van der Waals surface area contributed by atoms with E-state index in [1.807, 2.05) is 0 Å². The number of hydrogen-bond donors (Lipinski definition) is 4. The molecule has 0 radical (unpaired) electrons. The number of aromatic amines is 3. The van der Waals surface area contributed by atoms with Gasteiger partial charge in [0.15, 0.2) is 5.65 Å². The highest BCUT2D eigenvalue weighted by molar-refractivity contribution is 5.68. The predicted octanol–water partition coefficient (Wildman–Crippen LogP) is -0.520. The molecular weight excluding hydrogens is 222 g/mol. The van der Waals surface area contributed by atoms with Crippen LogP contribution >= 0.6 is 0 Å². The van der Waals surface area contributed by atoms with Crippen LogP contribution < -0.4 is 16.6 Å². The third kappa shape index (κ3) is 2.62. The second-order valence-corrected chi connectivity index (χ2v) is 4.17. The van der Waals surface area contributed by atoms with E-state index in [4.69, 9.17) is 0 Å². The van der Waals surface area contributed by atoms with Gasteiger partial charge in [-0.25, -0.2) is 9.78 Å². The minimum Gasteiger partial charge on any atom is -0.336 e. The van der Waals surface area contributed by atoms with E-state index >= 15 is 0 Å². The molecule has 0 saturated carbocycles. The summed E-state index contributed by atoms with van der Waals surface area (Å²) in [6, 6.07) is 0.405. The fourth-order valence-electron chi connectivity index (χ4n) is 1.58. The molecule has 0 aliphatic heterocycles. The Bertz CT molecular complexity index is 621. The molecule has 2 heterocycles. The molecule has 0 spiro atoms. The lowest BCUT2D eigenvalue weighted by Crippen LogP contribution is -2.25. The normalized spacial score (nSPS) is 11.5. The van der Waals surface area contributed by atoms with Crippen molar-refractivity contribution >= 4 is 11.2 Å². The Hall–Kier alpha value is -1.89. The van der Waals surface area contributed by atoms with Gasteiger partial charge < -0.3 is 10.3 Å². The van der Waals surface area contributed by atoms with Gasteiger partial charge in [-0.05, 0) is 0 Å². The van der Waals surface area contributed by atoms with Crippen molar-refractivity contribution in [1.82, 2.24) is 25.3 Å². The van der Waals surface area contributed by atoms with Crippen LogP contribution in [0.3, 0.4) is 0 Å². The van der Waals surface area contributed by atoms with Crippen molar-refractivity contribution in [1.29, 1.82) is 0 Å². The Morgan fingerprint density at radius 3 is 2.71 bits per heavy atom. The van der Waals surface area contributed by atoms with Crippen LogP contribution in [0, 0.1) is 0 Å². The highest BCUT2D eigenvalue weighted by atomic mass is 16.2. The van der Waals surface area contributed by atoms with Crippen LogP contribution in [0.15, 0.2) is 9.59 Å². The lowest BCUT2D eigenvalue weighted by molar-refractivity contribution is 0.585. The highest BCUT2D eigenvalue weighted by Crippen LogP contribution is 2.01. The molecule has 17 heavy (non-hydrogen) atoms. The van der Waals surface area contributed by atoms with Gasteiger partial charge in [-0.15, -0.1) is 0 Å². The first-order valence-corrected chi connectivity index (χ1v) is 5.51. The van der Waals surface area contributed by atoms with Crippen LogP contribution in [0.2, 0.25) is 0 Å². The number of aromatic nitrogens is 4. The largest absolute Gasteiger partial charge is 0.336 e. The van der Waals surface area contributed by atoms with Crippen molar-refractivity contribution < 1.29 is 0 Å². The molecule has 0 fully saturated rings. The molecule has 92 valence electrons. The van der Waals surface area contributed by atoms with Crippen LogP contribution in [0.1, 0.15) is 19.7 Å². The Kier molecular flexibility index (Phi) is 3.10. The topological polar surface area (TPSA) is 106 Å². The molecule has 7 heteroatoms. The number of nitrogens with one attached hydrogen (secondary N) is 4. The third-order valence-corrected chi connectivity index (χ3v) is 2.35. The average molecular weight is 237 g/mol. The second-order valence-electron chi connectivity index (χ2n) is 4.17. The quantitative estimate of drug-likeness (QED) is 0.574. The molecule has 2 aromatic heterocycles. The van der Waals surface area contributed by atoms with Gasteiger partial charge in [0.25, 0.3) is 5.56 Å². The maximum Gasteiger partial charge on any atom is 0.327 e. The van der Waals surface area contributed by atoms with Gasteiger partial charge in [0.2, 0.25) is 0 Å². The zero-order valence-electron chi connectivity index (χ0n) is 9.76. The Balaban J connectivity index is 2.23. The first kappa shape index (κ1) is 11.6. The van der Waals surface area contributed by atoms with Crippen molar-refractivity contribution in [2.45, 2.75) is 26.3 Å². The molecular formula is C10H15N5O2. The molecule has 0 amide bonds. The van der Waals surface area contributed by atoms with Gasteiger partial charge in [-0.1, -0.05) is 13.8 Å². The van der Waals surface area contributed by atoms with Gasteiger partial charge in [-0.3, -0.25) is 14.8 Å². The first-order valence-electron chi connectivity index (χ1n) is 5.51. The number of rotatable bonds is 4. The molecule has 0 atom stereocenters. The van der Waals surface area contributed by atoms with Gasteiger partial charge in [0, 0.05) is 19.0 Å². The summed E-state index contributed by atoms with van der Waals surface area (Å²) < 4.78 is 0. The fraction of sp³-hybridized carbons (Fsp3) is 0.500. The van der Waals surface area contributed by atoms with Crippen LogP contribution in [-0.2, 0) is 6.42 Å². The smallest absolute Gasteiger partial charge is 0.327 e. The molecule has 4 N–H and O–H groups in total. The third-order valence-electron chi connectivity index (χ3n) is 2.35. The number of fused-ring (bicyclic) bond motifs is 1. The zero-order valence-corrected chi connectivity index (χ0v) is 9.76. The molecule has 7 nitrogen and oxygen atoms in total. The van der Waals surface area contributed by atoms with Gasteiger partial charge in [0.05, 0.1) is 0 Å². The lowest BCUT2D eigenvalue weighted by Gasteiger charge is -2.05. The van der Waals surface area contributed by atoms with Crippen molar-refractivity contribution in [2.75, 3.05) is 6.54 Å². The first-order chi connectivity index (χ1) is 8.06. The van der Waals surface area contributed by atoms with Crippen molar-refractivity contribution in [3.8, 4) is 0 Å². The molecule has 2 rings (SSSR count). The van der Waals surface area contributed by atoms with Crippen LogP contribution in [0.4, 0.5) is 0 Å². The Morgan fingerprint density at radius 1 is 1.24 bits per heavy atom. The second kappa shape index (κ2) is 4.54. The Labute approximate surface area is 96.7 Å². The molecule has 0 aliphatic rings. The van der Waals surface area contributed by atoms with E-state index in [0.29, 0.717) is 29.5 Å². The molecule has 2 aromatic rings. The van der Waals surface area contributed by atoms with E-state index in [1.165, 1.54) is 0 Å². The maximum absolute atomic E-state index is 11.4. The minimum atomic E-state index is -0.541. The fourth-order valence-corrected chi connectivity index (χ4v) is 1.58. The molecule has 0 aromatic carbocycles. The number of hydrogen-bond acceptors (Lipinski definition) is 4. The van der Waals surface area contributed by atoms with E-state index < -0.39 is 11.2 Å². The summed E-state index contributed by atoms with van der Waals surface area (Å²) in [6.07, 6.45) is 0.675. The zero-order chi connectivity index (χ0) is 12.4. The molecule has 0 saturated heterocycles. The minimum absolute atomic E-state index is 0.304. The monoisotopic (exact) mass is 237 g/mol. The van der Waals surface area contributed by atoms with Crippen LogP contribution in [0.25, 0.3) is 11.2 Å². The van der Waals surface area contributed by atoms with E-state index in [1.54, 1.807) is 0 Å². The summed E-state index contributed by atoms with van der Waals surface area (Å²) in [6.45, 7) is 4.88.